The van der Waals surface area contributed by atoms with Gasteiger partial charge in [-0.25, -0.2) is 0 Å². The van der Waals surface area contributed by atoms with Gasteiger partial charge < -0.3 is 14.2 Å². The molecule has 0 N–H and O–H groups in total. The topological polar surface area (TPSA) is 27.7 Å². The monoisotopic (exact) mass is 344 g/mol. The molecule has 0 heterocycles. The third-order valence-corrected chi connectivity index (χ3v) is 4.28. The number of hydrogen-bond donors (Lipinski definition) is 0. The lowest BCUT2D eigenvalue weighted by Crippen LogP contribution is -2.10. The molecule has 3 heteroatoms. The molecule has 0 rings (SSSR count). The van der Waals surface area contributed by atoms with E-state index in [0.29, 0.717) is 26.4 Å². The van der Waals surface area contributed by atoms with Crippen molar-refractivity contribution in [3.63, 3.8) is 0 Å². The molecule has 0 atom stereocenters. The second kappa shape index (κ2) is 22.9. The zero-order valence-electron chi connectivity index (χ0n) is 16.7. The highest BCUT2D eigenvalue weighted by Crippen LogP contribution is 2.11. The van der Waals surface area contributed by atoms with Crippen LogP contribution in [0, 0.1) is 0 Å². The normalized spacial score (nSPS) is 11.2. The molecule has 0 spiro atoms. The smallest absolute Gasteiger partial charge is 0.0701 e. The Balaban J connectivity index is 2.93. The van der Waals surface area contributed by atoms with E-state index in [-0.39, 0.29) is 0 Å². The van der Waals surface area contributed by atoms with E-state index in [1.165, 1.54) is 77.0 Å². The van der Waals surface area contributed by atoms with Crippen molar-refractivity contribution in [2.24, 2.45) is 0 Å². The number of rotatable bonds is 21. The zero-order chi connectivity index (χ0) is 17.6. The molecule has 0 fully saturated rings. The summed E-state index contributed by atoms with van der Waals surface area (Å²) < 4.78 is 16.5. The van der Waals surface area contributed by atoms with Crippen molar-refractivity contribution >= 4 is 0 Å². The molecule has 0 saturated heterocycles. The fraction of sp³-hybridized carbons (Fsp3) is 1.00. The standard InChI is InChI=1S/C21H44O3/c1-3-5-7-8-9-10-11-12-13-14-15-17-23-19-21-24-20-18-22-16-6-4-2/h3-21H2,1-2H3. The van der Waals surface area contributed by atoms with Gasteiger partial charge in [0.1, 0.15) is 0 Å². The van der Waals surface area contributed by atoms with Crippen LogP contribution < -0.4 is 0 Å². The van der Waals surface area contributed by atoms with Crippen molar-refractivity contribution in [3.8, 4) is 0 Å². The van der Waals surface area contributed by atoms with E-state index in [9.17, 15) is 0 Å². The Hall–Kier alpha value is -0.120. The van der Waals surface area contributed by atoms with Crippen LogP contribution in [0.2, 0.25) is 0 Å². The molecule has 0 aliphatic heterocycles. The fourth-order valence-corrected chi connectivity index (χ4v) is 2.66. The van der Waals surface area contributed by atoms with Crippen LogP contribution in [0.15, 0.2) is 0 Å². The van der Waals surface area contributed by atoms with E-state index >= 15 is 0 Å². The lowest BCUT2D eigenvalue weighted by molar-refractivity contribution is 0.0134. The maximum Gasteiger partial charge on any atom is 0.0701 e. The highest BCUT2D eigenvalue weighted by atomic mass is 16.5. The second-order valence-electron chi connectivity index (χ2n) is 6.73. The van der Waals surface area contributed by atoms with Crippen molar-refractivity contribution < 1.29 is 14.2 Å². The first kappa shape index (κ1) is 23.9. The Kier molecular flexibility index (Phi) is 22.8. The maximum atomic E-state index is 5.60. The van der Waals surface area contributed by atoms with Crippen LogP contribution in [0.5, 0.6) is 0 Å². The Labute approximate surface area is 151 Å². The molecule has 0 aliphatic carbocycles. The molecule has 0 amide bonds. The molecule has 0 aromatic heterocycles. The van der Waals surface area contributed by atoms with Gasteiger partial charge in [0.2, 0.25) is 0 Å². The molecule has 0 aliphatic rings. The van der Waals surface area contributed by atoms with Crippen LogP contribution in [-0.2, 0) is 14.2 Å². The van der Waals surface area contributed by atoms with Gasteiger partial charge in [0.05, 0.1) is 26.4 Å². The van der Waals surface area contributed by atoms with Crippen LogP contribution >= 0.6 is 0 Å². The second-order valence-corrected chi connectivity index (χ2v) is 6.73. The SMILES string of the molecule is CCCCCCCCCCCCCOCCOCCOCCCC. The minimum absolute atomic E-state index is 0.686. The van der Waals surface area contributed by atoms with E-state index in [4.69, 9.17) is 14.2 Å². The van der Waals surface area contributed by atoms with Gasteiger partial charge in [-0.3, -0.25) is 0 Å². The fourth-order valence-electron chi connectivity index (χ4n) is 2.66. The minimum Gasteiger partial charge on any atom is -0.379 e. The van der Waals surface area contributed by atoms with Crippen molar-refractivity contribution in [2.45, 2.75) is 97.3 Å². The summed E-state index contributed by atoms with van der Waals surface area (Å²) in [5.41, 5.74) is 0. The molecular formula is C21H44O3. The predicted molar refractivity (Wildman–Crippen MR) is 104 cm³/mol. The summed E-state index contributed by atoms with van der Waals surface area (Å²) in [6.07, 6.45) is 17.5. The van der Waals surface area contributed by atoms with Crippen LogP contribution in [0.4, 0.5) is 0 Å². The Morgan fingerprint density at radius 2 is 0.667 bits per heavy atom. The first-order valence-electron chi connectivity index (χ1n) is 10.6. The summed E-state index contributed by atoms with van der Waals surface area (Å²) in [6, 6.07) is 0. The van der Waals surface area contributed by atoms with Gasteiger partial charge in [0, 0.05) is 13.2 Å². The Bertz CT molecular complexity index is 187. The van der Waals surface area contributed by atoms with Gasteiger partial charge in [0.15, 0.2) is 0 Å². The van der Waals surface area contributed by atoms with Crippen LogP contribution in [-0.4, -0.2) is 39.6 Å². The van der Waals surface area contributed by atoms with Crippen LogP contribution in [0.3, 0.4) is 0 Å². The van der Waals surface area contributed by atoms with Crippen molar-refractivity contribution in [1.29, 1.82) is 0 Å². The van der Waals surface area contributed by atoms with E-state index in [1.54, 1.807) is 0 Å². The summed E-state index contributed by atoms with van der Waals surface area (Å²) in [7, 11) is 0. The molecule has 24 heavy (non-hydrogen) atoms. The first-order valence-corrected chi connectivity index (χ1v) is 10.6. The van der Waals surface area contributed by atoms with Gasteiger partial charge in [0.25, 0.3) is 0 Å². The lowest BCUT2D eigenvalue weighted by atomic mass is 10.1. The molecular weight excluding hydrogens is 300 g/mol. The third-order valence-electron chi connectivity index (χ3n) is 4.28. The average Bonchev–Trinajstić information content (AvgIpc) is 2.60. The van der Waals surface area contributed by atoms with Crippen molar-refractivity contribution in [3.05, 3.63) is 0 Å². The van der Waals surface area contributed by atoms with Crippen LogP contribution in [0.25, 0.3) is 0 Å². The summed E-state index contributed by atoms with van der Waals surface area (Å²) in [5, 5.41) is 0. The average molecular weight is 345 g/mol. The quantitative estimate of drug-likeness (QED) is 0.234. The highest BCUT2D eigenvalue weighted by Gasteiger charge is 1.94. The number of ether oxygens (including phenoxy) is 3. The molecule has 0 aromatic rings. The molecule has 0 aromatic carbocycles. The molecule has 3 nitrogen and oxygen atoms in total. The third kappa shape index (κ3) is 21.9. The zero-order valence-corrected chi connectivity index (χ0v) is 16.7. The van der Waals surface area contributed by atoms with Gasteiger partial charge in [-0.15, -0.1) is 0 Å². The Morgan fingerprint density at radius 3 is 1.12 bits per heavy atom. The highest BCUT2D eigenvalue weighted by molar-refractivity contribution is 4.48. The minimum atomic E-state index is 0.686. The first-order chi connectivity index (χ1) is 11.9. The summed E-state index contributed by atoms with van der Waals surface area (Å²) in [4.78, 5) is 0. The summed E-state index contributed by atoms with van der Waals surface area (Å²) >= 11 is 0. The summed E-state index contributed by atoms with van der Waals surface area (Å²) in [5.74, 6) is 0. The molecule has 0 unspecified atom stereocenters. The predicted octanol–water partition coefficient (Wildman–Crippen LogP) is 6.15. The van der Waals surface area contributed by atoms with E-state index in [2.05, 4.69) is 13.8 Å². The molecule has 0 bridgehead atoms. The van der Waals surface area contributed by atoms with Crippen molar-refractivity contribution in [1.82, 2.24) is 0 Å². The maximum absolute atomic E-state index is 5.60. The van der Waals surface area contributed by atoms with Gasteiger partial charge in [-0.1, -0.05) is 84.5 Å². The van der Waals surface area contributed by atoms with E-state index < -0.39 is 0 Å². The Morgan fingerprint density at radius 1 is 0.333 bits per heavy atom. The number of unbranched alkanes of at least 4 members (excludes halogenated alkanes) is 11. The van der Waals surface area contributed by atoms with Gasteiger partial charge in [-0.2, -0.15) is 0 Å². The molecule has 0 saturated carbocycles. The van der Waals surface area contributed by atoms with Gasteiger partial charge >= 0.3 is 0 Å². The molecule has 0 radical (unpaired) electrons. The van der Waals surface area contributed by atoms with Crippen LogP contribution in [0.1, 0.15) is 97.3 Å². The van der Waals surface area contributed by atoms with Gasteiger partial charge in [-0.05, 0) is 12.8 Å². The van der Waals surface area contributed by atoms with E-state index in [1.807, 2.05) is 0 Å². The number of hydrogen-bond acceptors (Lipinski definition) is 3. The lowest BCUT2D eigenvalue weighted by Gasteiger charge is -2.06. The largest absolute Gasteiger partial charge is 0.379 e. The molecule has 146 valence electrons. The summed E-state index contributed by atoms with van der Waals surface area (Å²) in [6.45, 7) is 8.99. The van der Waals surface area contributed by atoms with E-state index in [0.717, 1.165) is 19.6 Å². The van der Waals surface area contributed by atoms with Crippen molar-refractivity contribution in [2.75, 3.05) is 39.6 Å².